The summed E-state index contributed by atoms with van der Waals surface area (Å²) in [5.74, 6) is -0.327. The largest absolute Gasteiger partial charge is 0.465 e. The predicted octanol–water partition coefficient (Wildman–Crippen LogP) is 1.78. The fourth-order valence-corrected chi connectivity index (χ4v) is 1.96. The minimum atomic E-state index is -0.327. The fourth-order valence-electron chi connectivity index (χ4n) is 1.96. The number of morpholine rings is 1. The number of methoxy groups -OCH3 is 1. The summed E-state index contributed by atoms with van der Waals surface area (Å²) in [6.07, 6.45) is 0. The van der Waals surface area contributed by atoms with Gasteiger partial charge in [0.2, 0.25) is 0 Å². The number of nitrogens with zero attached hydrogens (tertiary/aromatic N) is 1. The molecule has 0 unspecified atom stereocenters. The zero-order chi connectivity index (χ0) is 13.0. The summed E-state index contributed by atoms with van der Waals surface area (Å²) >= 11 is 0. The lowest BCUT2D eigenvalue weighted by molar-refractivity contribution is 0.0599. The number of esters is 1. The van der Waals surface area contributed by atoms with E-state index in [0.29, 0.717) is 5.56 Å². The molecule has 1 aliphatic heterocycles. The van der Waals surface area contributed by atoms with Crippen molar-refractivity contribution < 1.29 is 14.3 Å². The molecule has 0 N–H and O–H groups in total. The van der Waals surface area contributed by atoms with Crippen molar-refractivity contribution in [3.8, 4) is 0 Å². The molecular formula is C14H17NO3. The number of ether oxygens (including phenoxy) is 2. The molecule has 1 aromatic rings. The van der Waals surface area contributed by atoms with Gasteiger partial charge in [0.1, 0.15) is 0 Å². The van der Waals surface area contributed by atoms with Gasteiger partial charge in [-0.3, -0.25) is 0 Å². The third-order valence-electron chi connectivity index (χ3n) is 3.01. The van der Waals surface area contributed by atoms with Gasteiger partial charge in [-0.1, -0.05) is 18.7 Å². The Labute approximate surface area is 107 Å². The van der Waals surface area contributed by atoms with Gasteiger partial charge in [-0.15, -0.1) is 0 Å². The Bertz CT molecular complexity index is 450. The summed E-state index contributed by atoms with van der Waals surface area (Å²) in [7, 11) is 1.38. The smallest absolute Gasteiger partial charge is 0.337 e. The molecule has 1 aromatic carbocycles. The van der Waals surface area contributed by atoms with Crippen LogP contribution < -0.4 is 0 Å². The molecule has 0 aromatic heterocycles. The van der Waals surface area contributed by atoms with Crippen LogP contribution in [0.3, 0.4) is 0 Å². The van der Waals surface area contributed by atoms with Gasteiger partial charge in [0.25, 0.3) is 0 Å². The van der Waals surface area contributed by atoms with E-state index in [1.54, 1.807) is 6.07 Å². The van der Waals surface area contributed by atoms with Crippen molar-refractivity contribution in [2.24, 2.45) is 0 Å². The van der Waals surface area contributed by atoms with Crippen LogP contribution in [-0.2, 0) is 9.47 Å². The summed E-state index contributed by atoms with van der Waals surface area (Å²) < 4.78 is 10.0. The standard InChI is InChI=1S/C14H17NO3/c1-11(15-6-8-18-9-7-15)12-4-3-5-13(10-12)14(16)17-2/h3-5,10H,1,6-9H2,2H3. The lowest BCUT2D eigenvalue weighted by atomic mass is 10.1. The van der Waals surface area contributed by atoms with Crippen LogP contribution in [0.25, 0.3) is 5.70 Å². The van der Waals surface area contributed by atoms with Gasteiger partial charge in [0, 0.05) is 18.8 Å². The summed E-state index contributed by atoms with van der Waals surface area (Å²) in [6, 6.07) is 7.34. The Hall–Kier alpha value is -1.81. The summed E-state index contributed by atoms with van der Waals surface area (Å²) in [6.45, 7) is 7.20. The molecule has 1 saturated heterocycles. The third-order valence-corrected chi connectivity index (χ3v) is 3.01. The van der Waals surface area contributed by atoms with Crippen LogP contribution >= 0.6 is 0 Å². The molecule has 18 heavy (non-hydrogen) atoms. The second-order valence-electron chi connectivity index (χ2n) is 4.12. The molecule has 0 spiro atoms. The molecule has 0 bridgehead atoms. The first kappa shape index (κ1) is 12.6. The van der Waals surface area contributed by atoms with Gasteiger partial charge in [-0.05, 0) is 17.7 Å². The molecule has 0 saturated carbocycles. The van der Waals surface area contributed by atoms with Crippen molar-refractivity contribution in [2.75, 3.05) is 33.4 Å². The van der Waals surface area contributed by atoms with E-state index in [9.17, 15) is 4.79 Å². The highest BCUT2D eigenvalue weighted by Crippen LogP contribution is 2.19. The van der Waals surface area contributed by atoms with Crippen molar-refractivity contribution in [2.45, 2.75) is 0 Å². The number of carbonyl (C=O) groups excluding carboxylic acids is 1. The zero-order valence-electron chi connectivity index (χ0n) is 10.5. The summed E-state index contributed by atoms with van der Waals surface area (Å²) in [5, 5.41) is 0. The van der Waals surface area contributed by atoms with E-state index in [0.717, 1.165) is 37.6 Å². The highest BCUT2D eigenvalue weighted by atomic mass is 16.5. The number of carbonyl (C=O) groups is 1. The maximum absolute atomic E-state index is 11.5. The maximum Gasteiger partial charge on any atom is 0.337 e. The lowest BCUT2D eigenvalue weighted by Crippen LogP contribution is -2.34. The molecular weight excluding hydrogens is 230 g/mol. The monoisotopic (exact) mass is 247 g/mol. The van der Waals surface area contributed by atoms with Crippen LogP contribution in [0.4, 0.5) is 0 Å². The summed E-state index contributed by atoms with van der Waals surface area (Å²) in [5.41, 5.74) is 2.41. The van der Waals surface area contributed by atoms with Gasteiger partial charge in [-0.25, -0.2) is 4.79 Å². The Morgan fingerprint density at radius 3 is 2.67 bits per heavy atom. The van der Waals surface area contributed by atoms with E-state index in [1.807, 2.05) is 18.2 Å². The zero-order valence-corrected chi connectivity index (χ0v) is 10.5. The van der Waals surface area contributed by atoms with E-state index < -0.39 is 0 Å². The molecule has 0 atom stereocenters. The second kappa shape index (κ2) is 5.69. The van der Waals surface area contributed by atoms with Crippen LogP contribution in [0.15, 0.2) is 30.8 Å². The van der Waals surface area contributed by atoms with E-state index in [2.05, 4.69) is 11.5 Å². The molecule has 4 heteroatoms. The van der Waals surface area contributed by atoms with Crippen molar-refractivity contribution in [3.63, 3.8) is 0 Å². The molecule has 4 nitrogen and oxygen atoms in total. The van der Waals surface area contributed by atoms with Gasteiger partial charge >= 0.3 is 5.97 Å². The Kier molecular flexibility index (Phi) is 3.99. The Morgan fingerprint density at radius 1 is 1.33 bits per heavy atom. The molecule has 0 amide bonds. The molecule has 0 radical (unpaired) electrons. The van der Waals surface area contributed by atoms with Crippen molar-refractivity contribution in [1.82, 2.24) is 4.90 Å². The van der Waals surface area contributed by atoms with Crippen LogP contribution in [0, 0.1) is 0 Å². The predicted molar refractivity (Wildman–Crippen MR) is 69.2 cm³/mol. The Morgan fingerprint density at radius 2 is 2.00 bits per heavy atom. The second-order valence-corrected chi connectivity index (χ2v) is 4.12. The van der Waals surface area contributed by atoms with Crippen molar-refractivity contribution in [1.29, 1.82) is 0 Å². The Balaban J connectivity index is 2.17. The minimum absolute atomic E-state index is 0.327. The van der Waals surface area contributed by atoms with Crippen LogP contribution in [-0.4, -0.2) is 44.3 Å². The number of rotatable bonds is 3. The van der Waals surface area contributed by atoms with E-state index in [4.69, 9.17) is 9.47 Å². The molecule has 1 fully saturated rings. The van der Waals surface area contributed by atoms with Crippen LogP contribution in [0.5, 0.6) is 0 Å². The van der Waals surface area contributed by atoms with E-state index in [1.165, 1.54) is 7.11 Å². The lowest BCUT2D eigenvalue weighted by Gasteiger charge is -2.30. The van der Waals surface area contributed by atoms with E-state index in [-0.39, 0.29) is 5.97 Å². The molecule has 2 rings (SSSR count). The maximum atomic E-state index is 11.5. The van der Waals surface area contributed by atoms with Gasteiger partial charge in [0.05, 0.1) is 25.9 Å². The first-order chi connectivity index (χ1) is 8.72. The van der Waals surface area contributed by atoms with E-state index >= 15 is 0 Å². The first-order valence-electron chi connectivity index (χ1n) is 5.92. The SMILES string of the molecule is C=C(c1cccc(C(=O)OC)c1)N1CCOCC1. The highest BCUT2D eigenvalue weighted by Gasteiger charge is 2.14. The summed E-state index contributed by atoms with van der Waals surface area (Å²) in [4.78, 5) is 13.6. The van der Waals surface area contributed by atoms with Gasteiger partial charge in [-0.2, -0.15) is 0 Å². The minimum Gasteiger partial charge on any atom is -0.465 e. The molecule has 1 heterocycles. The number of hydrogen-bond acceptors (Lipinski definition) is 4. The topological polar surface area (TPSA) is 38.8 Å². The van der Waals surface area contributed by atoms with Crippen LogP contribution in [0.2, 0.25) is 0 Å². The first-order valence-corrected chi connectivity index (χ1v) is 5.92. The highest BCUT2D eigenvalue weighted by molar-refractivity contribution is 5.90. The molecule has 96 valence electrons. The van der Waals surface area contributed by atoms with Crippen molar-refractivity contribution in [3.05, 3.63) is 42.0 Å². The quantitative estimate of drug-likeness (QED) is 0.763. The average molecular weight is 247 g/mol. The van der Waals surface area contributed by atoms with Crippen LogP contribution in [0.1, 0.15) is 15.9 Å². The van der Waals surface area contributed by atoms with Crippen molar-refractivity contribution >= 4 is 11.7 Å². The fraction of sp³-hybridized carbons (Fsp3) is 0.357. The molecule has 0 aliphatic carbocycles. The normalized spacial score (nSPS) is 15.3. The van der Waals surface area contributed by atoms with Gasteiger partial charge < -0.3 is 14.4 Å². The third kappa shape index (κ3) is 2.71. The van der Waals surface area contributed by atoms with Gasteiger partial charge in [0.15, 0.2) is 0 Å². The molecule has 1 aliphatic rings. The number of hydrogen-bond donors (Lipinski definition) is 0. The average Bonchev–Trinajstić information content (AvgIpc) is 2.46. The number of benzene rings is 1.